The number of hydrogen-bond acceptors (Lipinski definition) is 5. The van der Waals surface area contributed by atoms with Gasteiger partial charge in [0.15, 0.2) is 6.04 Å². The molecule has 92 valence electrons. The van der Waals surface area contributed by atoms with Crippen LogP contribution in [0.1, 0.15) is 12.8 Å². The summed E-state index contributed by atoms with van der Waals surface area (Å²) in [7, 11) is 1.16. The first-order chi connectivity index (χ1) is 7.61. The van der Waals surface area contributed by atoms with Gasteiger partial charge in [0.1, 0.15) is 0 Å². The molecule has 0 aromatic rings. The Bertz CT molecular complexity index is 265. The highest BCUT2D eigenvalue weighted by molar-refractivity contribution is 5.81. The number of carbonyl (C=O) groups is 2. The van der Waals surface area contributed by atoms with E-state index in [4.69, 9.17) is 10.2 Å². The van der Waals surface area contributed by atoms with Crippen LogP contribution in [0.15, 0.2) is 0 Å². The SMILES string of the molecule is COC(=O)C(CO)N(C(=O)O)[C@H]1CCCN1. The second-order valence-electron chi connectivity index (χ2n) is 3.52. The minimum atomic E-state index is -1.25. The molecule has 0 bridgehead atoms. The first kappa shape index (κ1) is 12.7. The zero-order valence-electron chi connectivity index (χ0n) is 9.05. The van der Waals surface area contributed by atoms with Crippen LogP contribution in [0, 0.1) is 0 Å². The molecule has 0 radical (unpaired) electrons. The summed E-state index contributed by atoms with van der Waals surface area (Å²) in [6.45, 7) is 0.116. The van der Waals surface area contributed by atoms with Gasteiger partial charge in [-0.15, -0.1) is 0 Å². The van der Waals surface area contributed by atoms with Crippen LogP contribution < -0.4 is 5.32 Å². The fourth-order valence-corrected chi connectivity index (χ4v) is 1.80. The van der Waals surface area contributed by atoms with Crippen molar-refractivity contribution in [1.29, 1.82) is 0 Å². The van der Waals surface area contributed by atoms with E-state index in [1.807, 2.05) is 0 Å². The van der Waals surface area contributed by atoms with Gasteiger partial charge in [0.2, 0.25) is 0 Å². The molecule has 16 heavy (non-hydrogen) atoms. The zero-order chi connectivity index (χ0) is 12.1. The van der Waals surface area contributed by atoms with Crippen molar-refractivity contribution in [3.8, 4) is 0 Å². The van der Waals surface area contributed by atoms with Crippen molar-refractivity contribution < 1.29 is 24.5 Å². The van der Waals surface area contributed by atoms with E-state index in [9.17, 15) is 9.59 Å². The van der Waals surface area contributed by atoms with E-state index in [2.05, 4.69) is 10.1 Å². The highest BCUT2D eigenvalue weighted by Gasteiger charge is 2.36. The lowest BCUT2D eigenvalue weighted by molar-refractivity contribution is -0.148. The Balaban J connectivity index is 2.81. The van der Waals surface area contributed by atoms with Crippen molar-refractivity contribution in [2.45, 2.75) is 25.0 Å². The van der Waals surface area contributed by atoms with Gasteiger partial charge in [-0.25, -0.2) is 9.59 Å². The van der Waals surface area contributed by atoms with E-state index in [1.165, 1.54) is 0 Å². The standard InChI is InChI=1S/C9H16N2O5/c1-16-8(13)6(5-12)11(9(14)15)7-3-2-4-10-7/h6-7,10,12H,2-5H2,1H3,(H,14,15)/t6?,7-/m0/s1. The molecule has 0 aliphatic carbocycles. The van der Waals surface area contributed by atoms with Crippen LogP contribution in [-0.2, 0) is 9.53 Å². The highest BCUT2D eigenvalue weighted by atomic mass is 16.5. The van der Waals surface area contributed by atoms with Crippen molar-refractivity contribution in [1.82, 2.24) is 10.2 Å². The molecule has 1 fully saturated rings. The number of methoxy groups -OCH3 is 1. The highest BCUT2D eigenvalue weighted by Crippen LogP contribution is 2.15. The summed E-state index contributed by atoms with van der Waals surface area (Å²) < 4.78 is 4.46. The number of amides is 1. The molecular formula is C9H16N2O5. The summed E-state index contributed by atoms with van der Waals surface area (Å²) in [5, 5.41) is 21.1. The summed E-state index contributed by atoms with van der Waals surface area (Å²) in [6.07, 6.45) is -0.217. The number of carbonyl (C=O) groups excluding carboxylic acids is 1. The molecule has 2 atom stereocenters. The van der Waals surface area contributed by atoms with Crippen LogP contribution in [0.4, 0.5) is 4.79 Å². The number of aliphatic hydroxyl groups excluding tert-OH is 1. The smallest absolute Gasteiger partial charge is 0.409 e. The van der Waals surface area contributed by atoms with E-state index in [0.717, 1.165) is 18.4 Å². The largest absolute Gasteiger partial charge is 0.467 e. The van der Waals surface area contributed by atoms with E-state index >= 15 is 0 Å². The Morgan fingerprint density at radius 3 is 2.69 bits per heavy atom. The average molecular weight is 232 g/mol. The van der Waals surface area contributed by atoms with Crippen LogP contribution in [0.25, 0.3) is 0 Å². The van der Waals surface area contributed by atoms with Crippen LogP contribution in [0.3, 0.4) is 0 Å². The number of esters is 1. The van der Waals surface area contributed by atoms with Gasteiger partial charge < -0.3 is 14.9 Å². The third-order valence-corrected chi connectivity index (χ3v) is 2.57. The van der Waals surface area contributed by atoms with Crippen LogP contribution >= 0.6 is 0 Å². The van der Waals surface area contributed by atoms with Gasteiger partial charge in [0, 0.05) is 0 Å². The number of rotatable bonds is 4. The molecule has 0 spiro atoms. The topological polar surface area (TPSA) is 99.1 Å². The summed E-state index contributed by atoms with van der Waals surface area (Å²) >= 11 is 0. The maximum absolute atomic E-state index is 11.3. The Morgan fingerprint density at radius 1 is 1.62 bits per heavy atom. The fraction of sp³-hybridized carbons (Fsp3) is 0.778. The number of ether oxygens (including phenoxy) is 1. The van der Waals surface area contributed by atoms with Crippen molar-refractivity contribution >= 4 is 12.1 Å². The zero-order valence-corrected chi connectivity index (χ0v) is 9.05. The number of aliphatic hydroxyl groups is 1. The Kier molecular flexibility index (Phi) is 4.51. The molecule has 0 aromatic heterocycles. The first-order valence-corrected chi connectivity index (χ1v) is 5.05. The summed E-state index contributed by atoms with van der Waals surface area (Å²) in [5.74, 6) is -0.751. The van der Waals surface area contributed by atoms with E-state index in [1.54, 1.807) is 0 Å². The molecule has 1 saturated heterocycles. The maximum Gasteiger partial charge on any atom is 0.409 e. The molecule has 1 unspecified atom stereocenters. The van der Waals surface area contributed by atoms with Crippen molar-refractivity contribution in [3.63, 3.8) is 0 Å². The summed E-state index contributed by atoms with van der Waals surface area (Å²) in [6, 6.07) is -1.17. The second kappa shape index (κ2) is 5.66. The lowest BCUT2D eigenvalue weighted by Crippen LogP contribution is -2.55. The lowest BCUT2D eigenvalue weighted by atomic mass is 10.2. The maximum atomic E-state index is 11.3. The molecule has 7 heteroatoms. The monoisotopic (exact) mass is 232 g/mol. The van der Waals surface area contributed by atoms with E-state index < -0.39 is 30.9 Å². The van der Waals surface area contributed by atoms with Gasteiger partial charge in [-0.3, -0.25) is 10.2 Å². The molecule has 1 aliphatic rings. The van der Waals surface area contributed by atoms with Gasteiger partial charge in [0.25, 0.3) is 0 Å². The number of nitrogens with one attached hydrogen (secondary N) is 1. The van der Waals surface area contributed by atoms with Crippen molar-refractivity contribution in [3.05, 3.63) is 0 Å². The minimum absolute atomic E-state index is 0.436. The predicted molar refractivity (Wildman–Crippen MR) is 53.8 cm³/mol. The van der Waals surface area contributed by atoms with Gasteiger partial charge in [0.05, 0.1) is 19.9 Å². The lowest BCUT2D eigenvalue weighted by Gasteiger charge is -2.31. The van der Waals surface area contributed by atoms with Gasteiger partial charge in [-0.1, -0.05) is 0 Å². The quantitative estimate of drug-likeness (QED) is 0.549. The van der Waals surface area contributed by atoms with Gasteiger partial charge in [-0.2, -0.15) is 0 Å². The van der Waals surface area contributed by atoms with Crippen LogP contribution in [0.2, 0.25) is 0 Å². The van der Waals surface area contributed by atoms with E-state index in [-0.39, 0.29) is 0 Å². The van der Waals surface area contributed by atoms with E-state index in [0.29, 0.717) is 13.0 Å². The number of carboxylic acid groups (broad SMARTS) is 1. The fourth-order valence-electron chi connectivity index (χ4n) is 1.80. The van der Waals surface area contributed by atoms with Gasteiger partial charge in [-0.05, 0) is 19.4 Å². The molecule has 1 heterocycles. The molecular weight excluding hydrogens is 216 g/mol. The third kappa shape index (κ3) is 2.61. The number of hydrogen-bond donors (Lipinski definition) is 3. The van der Waals surface area contributed by atoms with Crippen molar-refractivity contribution in [2.75, 3.05) is 20.3 Å². The van der Waals surface area contributed by atoms with Crippen molar-refractivity contribution in [2.24, 2.45) is 0 Å². The summed E-state index contributed by atoms with van der Waals surface area (Å²) in [4.78, 5) is 23.3. The predicted octanol–water partition coefficient (Wildman–Crippen LogP) is -0.790. The van der Waals surface area contributed by atoms with Gasteiger partial charge >= 0.3 is 12.1 Å². The Hall–Kier alpha value is -1.34. The molecule has 0 saturated carbocycles. The molecule has 1 amide bonds. The molecule has 7 nitrogen and oxygen atoms in total. The number of nitrogens with zero attached hydrogens (tertiary/aromatic N) is 1. The normalized spacial score (nSPS) is 21.5. The molecule has 1 aliphatic heterocycles. The minimum Gasteiger partial charge on any atom is -0.467 e. The average Bonchev–Trinajstić information content (AvgIpc) is 2.77. The van der Waals surface area contributed by atoms with Crippen LogP contribution in [-0.4, -0.2) is 59.6 Å². The first-order valence-electron chi connectivity index (χ1n) is 5.05. The third-order valence-electron chi connectivity index (χ3n) is 2.57. The Labute approximate surface area is 93.0 Å². The molecule has 3 N–H and O–H groups in total. The van der Waals surface area contributed by atoms with Crippen LogP contribution in [0.5, 0.6) is 0 Å². The Morgan fingerprint density at radius 2 is 2.31 bits per heavy atom. The summed E-state index contributed by atoms with van der Waals surface area (Å²) in [5.41, 5.74) is 0. The second-order valence-corrected chi connectivity index (χ2v) is 3.52. The molecule has 1 rings (SSSR count). The molecule has 0 aromatic carbocycles.